The summed E-state index contributed by atoms with van der Waals surface area (Å²) in [5.74, 6) is 0. The van der Waals surface area contributed by atoms with Crippen molar-refractivity contribution in [2.45, 2.75) is 4.90 Å². The van der Waals surface area contributed by atoms with Crippen molar-refractivity contribution in [3.8, 4) is 0 Å². The number of hydrogen-bond donors (Lipinski definition) is 0. The zero-order valence-electron chi connectivity index (χ0n) is 5.49. The van der Waals surface area contributed by atoms with Crippen molar-refractivity contribution in [2.75, 3.05) is 6.26 Å². The van der Waals surface area contributed by atoms with E-state index in [1.54, 1.807) is 11.4 Å². The number of thiophene rings is 1. The molecule has 0 saturated heterocycles. The lowest BCUT2D eigenvalue weighted by Gasteiger charge is -1.87. The van der Waals surface area contributed by atoms with Gasteiger partial charge in [-0.05, 0) is 13.0 Å². The summed E-state index contributed by atoms with van der Waals surface area (Å²) in [4.78, 5) is 1.14. The molecule has 1 heterocycles. The molecule has 0 fully saturated rings. The minimum Gasteiger partial charge on any atom is -0.224 e. The molecule has 0 aliphatic carbocycles. The van der Waals surface area contributed by atoms with Gasteiger partial charge in [0, 0.05) is 16.5 Å². The molecule has 0 amide bonds. The molecule has 0 N–H and O–H groups in total. The fraction of sp³-hybridized carbons (Fsp3) is 0.167. The first-order valence-corrected chi connectivity index (χ1v) is 5.38. The number of rotatable bonds is 1. The zero-order chi connectivity index (χ0) is 7.78. The first kappa shape index (κ1) is 7.75. The van der Waals surface area contributed by atoms with Crippen molar-refractivity contribution < 1.29 is 8.42 Å². The molecule has 0 aliphatic heterocycles. The summed E-state index contributed by atoms with van der Waals surface area (Å²) in [5.41, 5.74) is 0. The van der Waals surface area contributed by atoms with Crippen molar-refractivity contribution in [3.05, 3.63) is 23.2 Å². The second kappa shape index (κ2) is 2.36. The zero-order valence-corrected chi connectivity index (χ0v) is 7.13. The molecule has 0 spiro atoms. The van der Waals surface area contributed by atoms with E-state index in [4.69, 9.17) is 0 Å². The summed E-state index contributed by atoms with van der Waals surface area (Å²) in [5, 5.41) is 1.59. The van der Waals surface area contributed by atoms with Crippen LogP contribution in [0.5, 0.6) is 0 Å². The highest BCUT2D eigenvalue weighted by molar-refractivity contribution is 7.90. The smallest absolute Gasteiger partial charge is 0.176 e. The van der Waals surface area contributed by atoms with Crippen LogP contribution >= 0.6 is 11.3 Å². The summed E-state index contributed by atoms with van der Waals surface area (Å²) >= 11 is 1.34. The molecular weight excluding hydrogens is 168 g/mol. The number of hydrogen-bond acceptors (Lipinski definition) is 3. The molecule has 0 bridgehead atoms. The Balaban J connectivity index is 3.21. The van der Waals surface area contributed by atoms with E-state index in [0.717, 1.165) is 4.88 Å². The lowest BCUT2D eigenvalue weighted by atomic mass is 10.5. The van der Waals surface area contributed by atoms with Gasteiger partial charge in [0.1, 0.15) is 0 Å². The molecule has 0 atom stereocenters. The summed E-state index contributed by atoms with van der Waals surface area (Å²) in [6.07, 6.45) is 1.19. The lowest BCUT2D eigenvalue weighted by molar-refractivity contribution is 0.602. The minimum atomic E-state index is -3.01. The van der Waals surface area contributed by atoms with Crippen LogP contribution in [0.25, 0.3) is 0 Å². The maximum atomic E-state index is 10.8. The van der Waals surface area contributed by atoms with Gasteiger partial charge in [0.05, 0.1) is 4.90 Å². The molecule has 4 heteroatoms. The van der Waals surface area contributed by atoms with Gasteiger partial charge in [-0.15, -0.1) is 11.3 Å². The normalized spacial score (nSPS) is 11.8. The monoisotopic (exact) mass is 175 g/mol. The Bertz CT molecular complexity index is 321. The van der Waals surface area contributed by atoms with Gasteiger partial charge in [0.2, 0.25) is 0 Å². The Morgan fingerprint density at radius 2 is 2.20 bits per heavy atom. The SMILES string of the molecule is [CH2]c1cc(S(C)(=O)=O)cs1. The van der Waals surface area contributed by atoms with Crippen LogP contribution in [-0.4, -0.2) is 14.7 Å². The van der Waals surface area contributed by atoms with Gasteiger partial charge in [-0.25, -0.2) is 8.42 Å². The van der Waals surface area contributed by atoms with E-state index >= 15 is 0 Å². The Hall–Kier alpha value is -0.350. The van der Waals surface area contributed by atoms with Gasteiger partial charge in [0.15, 0.2) is 9.84 Å². The number of sulfone groups is 1. The summed E-state index contributed by atoms with van der Waals surface area (Å²) < 4.78 is 21.7. The summed E-state index contributed by atoms with van der Waals surface area (Å²) in [7, 11) is -3.01. The average molecular weight is 175 g/mol. The van der Waals surface area contributed by atoms with Gasteiger partial charge in [-0.1, -0.05) is 0 Å². The predicted octanol–water partition coefficient (Wildman–Crippen LogP) is 1.33. The molecule has 1 aromatic heterocycles. The second-order valence-corrected chi connectivity index (χ2v) is 5.03. The Morgan fingerprint density at radius 3 is 2.40 bits per heavy atom. The molecule has 55 valence electrons. The highest BCUT2D eigenvalue weighted by Gasteiger charge is 2.07. The van der Waals surface area contributed by atoms with Crippen molar-refractivity contribution in [3.63, 3.8) is 0 Å². The van der Waals surface area contributed by atoms with Crippen molar-refractivity contribution in [1.29, 1.82) is 0 Å². The van der Waals surface area contributed by atoms with Crippen LogP contribution in [0.2, 0.25) is 0 Å². The molecule has 0 aliphatic rings. The Kier molecular flexibility index (Phi) is 1.83. The van der Waals surface area contributed by atoms with E-state index in [0.29, 0.717) is 4.90 Å². The standard InChI is InChI=1S/C6H7O2S2/c1-5-3-6(4-9-5)10(2,7)8/h3-4H,1H2,2H3. The molecule has 0 unspecified atom stereocenters. The molecule has 1 rings (SSSR count). The van der Waals surface area contributed by atoms with Crippen molar-refractivity contribution in [1.82, 2.24) is 0 Å². The van der Waals surface area contributed by atoms with E-state index < -0.39 is 9.84 Å². The third-order valence-electron chi connectivity index (χ3n) is 1.06. The van der Waals surface area contributed by atoms with E-state index in [-0.39, 0.29) is 0 Å². The second-order valence-electron chi connectivity index (χ2n) is 2.02. The van der Waals surface area contributed by atoms with Crippen LogP contribution in [0.1, 0.15) is 4.88 Å². The van der Waals surface area contributed by atoms with Crippen LogP contribution in [0, 0.1) is 6.92 Å². The maximum absolute atomic E-state index is 10.8. The first-order valence-electron chi connectivity index (χ1n) is 2.61. The Morgan fingerprint density at radius 1 is 1.60 bits per heavy atom. The molecule has 1 radical (unpaired) electrons. The molecule has 0 aromatic carbocycles. The summed E-state index contributed by atoms with van der Waals surface area (Å²) in [6.45, 7) is 3.61. The molecule has 0 saturated carbocycles. The van der Waals surface area contributed by atoms with Gasteiger partial charge < -0.3 is 0 Å². The van der Waals surface area contributed by atoms with Crippen LogP contribution in [-0.2, 0) is 9.84 Å². The third kappa shape index (κ3) is 1.58. The van der Waals surface area contributed by atoms with Crippen LogP contribution < -0.4 is 0 Å². The highest BCUT2D eigenvalue weighted by Crippen LogP contribution is 2.17. The van der Waals surface area contributed by atoms with Crippen molar-refractivity contribution >= 4 is 21.2 Å². The maximum Gasteiger partial charge on any atom is 0.176 e. The van der Waals surface area contributed by atoms with E-state index in [1.807, 2.05) is 0 Å². The largest absolute Gasteiger partial charge is 0.224 e. The van der Waals surface area contributed by atoms with Crippen LogP contribution in [0.15, 0.2) is 16.3 Å². The van der Waals surface area contributed by atoms with E-state index in [9.17, 15) is 8.42 Å². The van der Waals surface area contributed by atoms with Gasteiger partial charge >= 0.3 is 0 Å². The molecular formula is C6H7O2S2. The first-order chi connectivity index (χ1) is 4.50. The van der Waals surface area contributed by atoms with Crippen LogP contribution in [0.4, 0.5) is 0 Å². The fourth-order valence-corrected chi connectivity index (χ4v) is 2.36. The fourth-order valence-electron chi connectivity index (χ4n) is 0.555. The quantitative estimate of drug-likeness (QED) is 0.645. The van der Waals surface area contributed by atoms with Crippen LogP contribution in [0.3, 0.4) is 0 Å². The van der Waals surface area contributed by atoms with Crippen molar-refractivity contribution in [2.24, 2.45) is 0 Å². The molecule has 10 heavy (non-hydrogen) atoms. The predicted molar refractivity (Wildman–Crippen MR) is 41.9 cm³/mol. The Labute approximate surface area is 64.4 Å². The highest BCUT2D eigenvalue weighted by atomic mass is 32.2. The van der Waals surface area contributed by atoms with Gasteiger partial charge in [-0.3, -0.25) is 0 Å². The van der Waals surface area contributed by atoms with Gasteiger partial charge in [-0.2, -0.15) is 0 Å². The van der Waals surface area contributed by atoms with E-state index in [1.165, 1.54) is 17.6 Å². The third-order valence-corrected chi connectivity index (χ3v) is 3.09. The van der Waals surface area contributed by atoms with E-state index in [2.05, 4.69) is 6.92 Å². The summed E-state index contributed by atoms with van der Waals surface area (Å²) in [6, 6.07) is 1.57. The molecule has 1 aromatic rings. The molecule has 2 nitrogen and oxygen atoms in total. The minimum absolute atomic E-state index is 0.363. The average Bonchev–Trinajstić information content (AvgIpc) is 2.11. The van der Waals surface area contributed by atoms with Gasteiger partial charge in [0.25, 0.3) is 0 Å². The lowest BCUT2D eigenvalue weighted by Crippen LogP contribution is -1.93. The topological polar surface area (TPSA) is 34.1 Å².